The molecule has 2 aliphatic rings. The van der Waals surface area contributed by atoms with Crippen LogP contribution in [0.3, 0.4) is 0 Å². The van der Waals surface area contributed by atoms with Crippen molar-refractivity contribution in [3.63, 3.8) is 0 Å². The van der Waals surface area contributed by atoms with E-state index in [1.807, 2.05) is 13.8 Å². The summed E-state index contributed by atoms with van der Waals surface area (Å²) < 4.78 is 0. The molecule has 5 atom stereocenters. The van der Waals surface area contributed by atoms with Gasteiger partial charge in [-0.3, -0.25) is 4.79 Å². The highest BCUT2D eigenvalue weighted by molar-refractivity contribution is 6.00. The maximum atomic E-state index is 13.3. The van der Waals surface area contributed by atoms with Gasteiger partial charge >= 0.3 is 0 Å². The second kappa shape index (κ2) is 11.4. The SMILES string of the molecule is CCCC(C)(C)CC[C@](C)(CO)CCC(C)(C)[C@]1(C)CC[C@H]2C(C)(C)C(=O)C(=CO)C[C@]2(C)[C@H]1CC(C)=O. The summed E-state index contributed by atoms with van der Waals surface area (Å²) in [6.45, 7) is 24.5. The average Bonchev–Trinajstić information content (AvgIpc) is 2.81. The van der Waals surface area contributed by atoms with E-state index in [9.17, 15) is 19.8 Å². The third kappa shape index (κ3) is 6.26. The van der Waals surface area contributed by atoms with E-state index in [0.29, 0.717) is 18.4 Å². The zero-order valence-corrected chi connectivity index (χ0v) is 26.7. The molecule has 4 heteroatoms. The van der Waals surface area contributed by atoms with Crippen LogP contribution < -0.4 is 0 Å². The lowest BCUT2D eigenvalue weighted by molar-refractivity contribution is -0.172. The molecule has 2 fully saturated rings. The van der Waals surface area contributed by atoms with Crippen LogP contribution in [0, 0.1) is 44.3 Å². The molecule has 0 spiro atoms. The molecule has 0 aromatic rings. The van der Waals surface area contributed by atoms with Gasteiger partial charge in [0.2, 0.25) is 0 Å². The van der Waals surface area contributed by atoms with Crippen molar-refractivity contribution in [2.45, 2.75) is 140 Å². The van der Waals surface area contributed by atoms with E-state index < -0.39 is 5.41 Å². The molecule has 2 N–H and O–H groups in total. The summed E-state index contributed by atoms with van der Waals surface area (Å²) in [7, 11) is 0. The number of hydrogen-bond acceptors (Lipinski definition) is 4. The van der Waals surface area contributed by atoms with Crippen LogP contribution >= 0.6 is 0 Å². The maximum Gasteiger partial charge on any atom is 0.167 e. The first-order valence-electron chi connectivity index (χ1n) is 15.2. The van der Waals surface area contributed by atoms with E-state index in [2.05, 4.69) is 55.4 Å². The van der Waals surface area contributed by atoms with E-state index in [-0.39, 0.29) is 57.1 Å². The van der Waals surface area contributed by atoms with Gasteiger partial charge in [-0.25, -0.2) is 0 Å². The number of hydrogen-bond donors (Lipinski definition) is 2. The van der Waals surface area contributed by atoms with Crippen molar-refractivity contribution in [1.82, 2.24) is 0 Å². The highest BCUT2D eigenvalue weighted by Crippen LogP contribution is 2.69. The van der Waals surface area contributed by atoms with Crippen LogP contribution in [0.4, 0.5) is 0 Å². The zero-order chi connectivity index (χ0) is 29.4. The monoisotopic (exact) mass is 532 g/mol. The van der Waals surface area contributed by atoms with Crippen molar-refractivity contribution in [1.29, 1.82) is 0 Å². The number of Topliss-reactive ketones (excluding diaryl/α,β-unsaturated/α-hetero) is 2. The third-order valence-corrected chi connectivity index (χ3v) is 11.9. The fourth-order valence-electron chi connectivity index (χ4n) is 8.70. The van der Waals surface area contributed by atoms with Gasteiger partial charge in [0.05, 0.1) is 6.26 Å². The van der Waals surface area contributed by atoms with Crippen LogP contribution in [0.25, 0.3) is 0 Å². The van der Waals surface area contributed by atoms with Crippen molar-refractivity contribution in [3.8, 4) is 0 Å². The molecule has 0 aromatic carbocycles. The van der Waals surface area contributed by atoms with Gasteiger partial charge in [-0.2, -0.15) is 0 Å². The Balaban J connectivity index is 2.41. The van der Waals surface area contributed by atoms with Crippen molar-refractivity contribution >= 4 is 11.6 Å². The van der Waals surface area contributed by atoms with Gasteiger partial charge in [-0.05, 0) is 97.2 Å². The second-order valence-corrected chi connectivity index (χ2v) is 16.1. The molecule has 0 aromatic heterocycles. The summed E-state index contributed by atoms with van der Waals surface area (Å²) in [4.78, 5) is 26.0. The molecule has 220 valence electrons. The second-order valence-electron chi connectivity index (χ2n) is 16.1. The number of carbonyl (C=O) groups excluding carboxylic acids is 2. The summed E-state index contributed by atoms with van der Waals surface area (Å²) in [6.07, 6.45) is 10.4. The van der Waals surface area contributed by atoms with Gasteiger partial charge in [0.25, 0.3) is 0 Å². The molecule has 0 bridgehead atoms. The predicted octanol–water partition coefficient (Wildman–Crippen LogP) is 8.86. The predicted molar refractivity (Wildman–Crippen MR) is 158 cm³/mol. The molecule has 0 heterocycles. The summed E-state index contributed by atoms with van der Waals surface area (Å²) in [5.41, 5.74) is -0.331. The molecular weight excluding hydrogens is 472 g/mol. The maximum absolute atomic E-state index is 13.3. The minimum atomic E-state index is -0.567. The molecular formula is C34H60O4. The molecule has 0 unspecified atom stereocenters. The first-order chi connectivity index (χ1) is 17.2. The topological polar surface area (TPSA) is 74.6 Å². The number of carbonyl (C=O) groups is 2. The highest BCUT2D eigenvalue weighted by atomic mass is 16.3. The van der Waals surface area contributed by atoms with Gasteiger partial charge < -0.3 is 15.0 Å². The molecule has 2 aliphatic carbocycles. The van der Waals surface area contributed by atoms with Gasteiger partial charge in [0, 0.05) is 24.0 Å². The Labute approximate surface area is 234 Å². The van der Waals surface area contributed by atoms with Gasteiger partial charge in [-0.15, -0.1) is 0 Å². The van der Waals surface area contributed by atoms with Gasteiger partial charge in [0.1, 0.15) is 5.78 Å². The molecule has 0 amide bonds. The molecule has 2 saturated carbocycles. The van der Waals surface area contributed by atoms with E-state index in [1.54, 1.807) is 6.92 Å². The summed E-state index contributed by atoms with van der Waals surface area (Å²) in [5.74, 6) is 0.522. The van der Waals surface area contributed by atoms with Gasteiger partial charge in [-0.1, -0.05) is 75.7 Å². The standard InChI is InChI=1S/C34H60O4/c1-12-14-29(3,4)16-18-32(9,23-36)19-17-30(5,6)34(11)15-13-26-31(7,8)28(38)25(22-35)21-33(26,10)27(34)20-24(2)37/h22,26-27,35-36H,12-21,23H2,1-11H3/t26-,27+,32-,33-,34+/m0/s1. The van der Waals surface area contributed by atoms with Crippen molar-refractivity contribution in [2.24, 2.45) is 44.3 Å². The molecule has 2 rings (SSSR count). The largest absolute Gasteiger partial charge is 0.515 e. The van der Waals surface area contributed by atoms with Crippen LogP contribution in [-0.2, 0) is 9.59 Å². The molecule has 0 saturated heterocycles. The lowest BCUT2D eigenvalue weighted by atomic mass is 9.38. The summed E-state index contributed by atoms with van der Waals surface area (Å²) in [5, 5.41) is 20.5. The zero-order valence-electron chi connectivity index (χ0n) is 26.7. The first kappa shape index (κ1) is 33.0. The number of aliphatic hydroxyl groups is 2. The van der Waals surface area contributed by atoms with E-state index in [0.717, 1.165) is 44.8 Å². The van der Waals surface area contributed by atoms with Crippen molar-refractivity contribution in [3.05, 3.63) is 11.8 Å². The lowest BCUT2D eigenvalue weighted by Crippen LogP contribution is -2.61. The Morgan fingerprint density at radius 3 is 2.08 bits per heavy atom. The number of aliphatic hydroxyl groups excluding tert-OH is 2. The van der Waals surface area contributed by atoms with E-state index in [4.69, 9.17) is 0 Å². The van der Waals surface area contributed by atoms with Crippen LogP contribution in [0.1, 0.15) is 140 Å². The molecule has 0 aliphatic heterocycles. The third-order valence-electron chi connectivity index (χ3n) is 11.9. The average molecular weight is 533 g/mol. The van der Waals surface area contributed by atoms with E-state index in [1.165, 1.54) is 12.8 Å². The van der Waals surface area contributed by atoms with Crippen LogP contribution in [-0.4, -0.2) is 28.4 Å². The van der Waals surface area contributed by atoms with Crippen LogP contribution in [0.5, 0.6) is 0 Å². The van der Waals surface area contributed by atoms with Crippen molar-refractivity contribution < 1.29 is 19.8 Å². The summed E-state index contributed by atoms with van der Waals surface area (Å²) in [6, 6.07) is 0. The first-order valence-corrected chi connectivity index (χ1v) is 15.2. The minimum Gasteiger partial charge on any atom is -0.515 e. The fraction of sp³-hybridized carbons (Fsp3) is 0.882. The lowest BCUT2D eigenvalue weighted by Gasteiger charge is -2.65. The fourth-order valence-corrected chi connectivity index (χ4v) is 8.70. The van der Waals surface area contributed by atoms with Crippen LogP contribution in [0.2, 0.25) is 0 Å². The highest BCUT2D eigenvalue weighted by Gasteiger charge is 2.64. The Morgan fingerprint density at radius 2 is 1.58 bits per heavy atom. The van der Waals surface area contributed by atoms with E-state index >= 15 is 0 Å². The Hall–Kier alpha value is -1.16. The summed E-state index contributed by atoms with van der Waals surface area (Å²) >= 11 is 0. The molecule has 0 radical (unpaired) electrons. The number of ketones is 2. The smallest absolute Gasteiger partial charge is 0.167 e. The Morgan fingerprint density at radius 1 is 1.00 bits per heavy atom. The number of rotatable bonds is 12. The molecule has 4 nitrogen and oxygen atoms in total. The Kier molecular flexibility index (Phi) is 9.89. The quantitative estimate of drug-likeness (QED) is 0.194. The minimum absolute atomic E-state index is 0.0524. The van der Waals surface area contributed by atoms with Crippen molar-refractivity contribution in [2.75, 3.05) is 6.61 Å². The number of fused-ring (bicyclic) bond motifs is 1. The number of allylic oxidation sites excluding steroid dienone is 1. The van der Waals surface area contributed by atoms with Crippen LogP contribution in [0.15, 0.2) is 11.8 Å². The Bertz CT molecular complexity index is 896. The molecule has 38 heavy (non-hydrogen) atoms. The normalized spacial score (nSPS) is 32.6. The van der Waals surface area contributed by atoms with Gasteiger partial charge in [0.15, 0.2) is 5.78 Å².